The van der Waals surface area contributed by atoms with Crippen LogP contribution >= 0.6 is 0 Å². The molecule has 0 aliphatic rings. The van der Waals surface area contributed by atoms with Crippen LogP contribution in [0.25, 0.3) is 0 Å². The van der Waals surface area contributed by atoms with E-state index in [0.717, 1.165) is 11.4 Å². The molecule has 1 aromatic rings. The molecule has 0 atom stereocenters. The van der Waals surface area contributed by atoms with E-state index in [9.17, 15) is 0 Å². The van der Waals surface area contributed by atoms with Crippen molar-refractivity contribution in [2.24, 2.45) is 5.73 Å². The van der Waals surface area contributed by atoms with Gasteiger partial charge in [-0.2, -0.15) is 0 Å². The summed E-state index contributed by atoms with van der Waals surface area (Å²) < 4.78 is 1.90. The molecule has 1 heterocycles. The second-order valence-corrected chi connectivity index (χ2v) is 3.82. The summed E-state index contributed by atoms with van der Waals surface area (Å²) in [5.74, 6) is 0.394. The average molecular weight is 182 g/mol. The molecule has 0 bridgehead atoms. The third kappa shape index (κ3) is 1.88. The van der Waals surface area contributed by atoms with Crippen molar-refractivity contribution >= 4 is 0 Å². The molecular weight excluding hydrogens is 164 g/mol. The van der Waals surface area contributed by atoms with Crippen molar-refractivity contribution in [1.29, 1.82) is 0 Å². The van der Waals surface area contributed by atoms with Gasteiger partial charge in [-0.05, 0) is 19.8 Å². The highest BCUT2D eigenvalue weighted by molar-refractivity contribution is 5.14. The highest BCUT2D eigenvalue weighted by atomic mass is 15.4. The van der Waals surface area contributed by atoms with Crippen LogP contribution in [0, 0.1) is 0 Å². The van der Waals surface area contributed by atoms with Gasteiger partial charge in [0.1, 0.15) is 0 Å². The van der Waals surface area contributed by atoms with Gasteiger partial charge in [0.2, 0.25) is 0 Å². The summed E-state index contributed by atoms with van der Waals surface area (Å²) in [6.45, 7) is 8.89. The largest absolute Gasteiger partial charge is 0.325 e. The Kier molecular flexibility index (Phi) is 3.03. The van der Waals surface area contributed by atoms with Crippen LogP contribution < -0.4 is 5.73 Å². The molecule has 13 heavy (non-hydrogen) atoms. The van der Waals surface area contributed by atoms with Crippen molar-refractivity contribution < 1.29 is 0 Å². The van der Waals surface area contributed by atoms with Crippen LogP contribution in [0.5, 0.6) is 0 Å². The maximum Gasteiger partial charge on any atom is 0.0897 e. The molecule has 0 unspecified atom stereocenters. The zero-order chi connectivity index (χ0) is 10.0. The number of aromatic nitrogens is 3. The Balaban J connectivity index is 3.10. The summed E-state index contributed by atoms with van der Waals surface area (Å²) in [7, 11) is 0. The smallest absolute Gasteiger partial charge is 0.0897 e. The SMILES string of the molecule is CC(C)c1nnn(C(C)C)c1CN. The van der Waals surface area contributed by atoms with E-state index in [1.54, 1.807) is 0 Å². The van der Waals surface area contributed by atoms with E-state index in [1.807, 2.05) is 4.68 Å². The topological polar surface area (TPSA) is 56.7 Å². The molecule has 0 aromatic carbocycles. The Labute approximate surface area is 79.1 Å². The molecule has 0 saturated heterocycles. The van der Waals surface area contributed by atoms with Crippen LogP contribution in [0.1, 0.15) is 51.0 Å². The third-order valence-corrected chi connectivity index (χ3v) is 2.05. The first-order valence-corrected chi connectivity index (χ1v) is 4.72. The van der Waals surface area contributed by atoms with Gasteiger partial charge in [-0.15, -0.1) is 5.10 Å². The lowest BCUT2D eigenvalue weighted by molar-refractivity contribution is 0.494. The number of nitrogens with zero attached hydrogens (tertiary/aromatic N) is 3. The van der Waals surface area contributed by atoms with Crippen LogP contribution in [-0.2, 0) is 6.54 Å². The van der Waals surface area contributed by atoms with Crippen molar-refractivity contribution in [3.05, 3.63) is 11.4 Å². The van der Waals surface area contributed by atoms with Gasteiger partial charge < -0.3 is 5.73 Å². The first-order chi connectivity index (χ1) is 6.07. The van der Waals surface area contributed by atoms with Crippen LogP contribution in [0.15, 0.2) is 0 Å². The molecule has 74 valence electrons. The Hall–Kier alpha value is -0.900. The monoisotopic (exact) mass is 182 g/mol. The number of rotatable bonds is 3. The van der Waals surface area contributed by atoms with Crippen molar-refractivity contribution in [3.63, 3.8) is 0 Å². The van der Waals surface area contributed by atoms with E-state index in [1.165, 1.54) is 0 Å². The fourth-order valence-corrected chi connectivity index (χ4v) is 1.39. The van der Waals surface area contributed by atoms with E-state index < -0.39 is 0 Å². The lowest BCUT2D eigenvalue weighted by atomic mass is 10.1. The lowest BCUT2D eigenvalue weighted by Gasteiger charge is -2.09. The van der Waals surface area contributed by atoms with Crippen molar-refractivity contribution in [1.82, 2.24) is 15.0 Å². The molecule has 0 fully saturated rings. The zero-order valence-corrected chi connectivity index (χ0v) is 8.78. The first kappa shape index (κ1) is 10.2. The molecule has 0 spiro atoms. The van der Waals surface area contributed by atoms with Crippen LogP contribution in [-0.4, -0.2) is 15.0 Å². The summed E-state index contributed by atoms with van der Waals surface area (Å²) in [6.07, 6.45) is 0. The van der Waals surface area contributed by atoms with E-state index in [2.05, 4.69) is 38.0 Å². The standard InChI is InChI=1S/C9H18N4/c1-6(2)9-8(5-10)13(7(3)4)12-11-9/h6-7H,5,10H2,1-4H3. The molecule has 4 heteroatoms. The second-order valence-electron chi connectivity index (χ2n) is 3.82. The molecule has 4 nitrogen and oxygen atoms in total. The maximum absolute atomic E-state index is 5.67. The quantitative estimate of drug-likeness (QED) is 0.769. The Morgan fingerprint density at radius 3 is 2.31 bits per heavy atom. The summed E-state index contributed by atoms with van der Waals surface area (Å²) in [6, 6.07) is 0.332. The van der Waals surface area contributed by atoms with Gasteiger partial charge >= 0.3 is 0 Å². The van der Waals surface area contributed by atoms with Crippen LogP contribution in [0.3, 0.4) is 0 Å². The molecule has 0 aliphatic heterocycles. The van der Waals surface area contributed by atoms with Gasteiger partial charge in [-0.3, -0.25) is 0 Å². The van der Waals surface area contributed by atoms with Gasteiger partial charge in [0.05, 0.1) is 11.4 Å². The van der Waals surface area contributed by atoms with Crippen molar-refractivity contribution in [2.45, 2.75) is 46.2 Å². The minimum atomic E-state index is 0.332. The third-order valence-electron chi connectivity index (χ3n) is 2.05. The summed E-state index contributed by atoms with van der Waals surface area (Å²) in [4.78, 5) is 0. The summed E-state index contributed by atoms with van der Waals surface area (Å²) in [5.41, 5.74) is 7.76. The fourth-order valence-electron chi connectivity index (χ4n) is 1.39. The van der Waals surface area contributed by atoms with Crippen molar-refractivity contribution in [3.8, 4) is 0 Å². The molecule has 0 radical (unpaired) electrons. The number of hydrogen-bond donors (Lipinski definition) is 1. The van der Waals surface area contributed by atoms with Gasteiger partial charge in [-0.1, -0.05) is 19.1 Å². The molecule has 1 rings (SSSR count). The van der Waals surface area contributed by atoms with Crippen molar-refractivity contribution in [2.75, 3.05) is 0 Å². The van der Waals surface area contributed by atoms with Gasteiger partial charge in [-0.25, -0.2) is 4.68 Å². The molecular formula is C9H18N4. The number of hydrogen-bond acceptors (Lipinski definition) is 3. The van der Waals surface area contributed by atoms with E-state index in [4.69, 9.17) is 5.73 Å². The highest BCUT2D eigenvalue weighted by Gasteiger charge is 2.15. The lowest BCUT2D eigenvalue weighted by Crippen LogP contribution is -2.12. The summed E-state index contributed by atoms with van der Waals surface area (Å²) >= 11 is 0. The predicted octanol–water partition coefficient (Wildman–Crippen LogP) is 1.44. The molecule has 0 aliphatic carbocycles. The highest BCUT2D eigenvalue weighted by Crippen LogP contribution is 2.18. The molecule has 1 aromatic heterocycles. The Morgan fingerprint density at radius 2 is 1.92 bits per heavy atom. The van der Waals surface area contributed by atoms with Gasteiger partial charge in [0.15, 0.2) is 0 Å². The minimum absolute atomic E-state index is 0.332. The second kappa shape index (κ2) is 3.87. The molecule has 2 N–H and O–H groups in total. The Morgan fingerprint density at radius 1 is 1.31 bits per heavy atom. The van der Waals surface area contributed by atoms with Crippen LogP contribution in [0.4, 0.5) is 0 Å². The fraction of sp³-hybridized carbons (Fsp3) is 0.778. The average Bonchev–Trinajstić information content (AvgIpc) is 2.46. The number of nitrogens with two attached hydrogens (primary N) is 1. The maximum atomic E-state index is 5.67. The van der Waals surface area contributed by atoms with Crippen LogP contribution in [0.2, 0.25) is 0 Å². The van der Waals surface area contributed by atoms with E-state index in [0.29, 0.717) is 18.5 Å². The zero-order valence-electron chi connectivity index (χ0n) is 8.78. The van der Waals surface area contributed by atoms with Gasteiger partial charge in [0.25, 0.3) is 0 Å². The predicted molar refractivity (Wildman–Crippen MR) is 52.4 cm³/mol. The van der Waals surface area contributed by atoms with E-state index in [-0.39, 0.29) is 0 Å². The first-order valence-electron chi connectivity index (χ1n) is 4.72. The normalized spacial score (nSPS) is 11.6. The Bertz CT molecular complexity index is 250. The molecule has 0 saturated carbocycles. The van der Waals surface area contributed by atoms with Gasteiger partial charge in [0, 0.05) is 12.6 Å². The molecule has 0 amide bonds. The summed E-state index contributed by atoms with van der Waals surface area (Å²) in [5, 5.41) is 8.24. The minimum Gasteiger partial charge on any atom is -0.325 e. The van der Waals surface area contributed by atoms with E-state index >= 15 is 0 Å².